The molecule has 1 amide bonds. The zero-order valence-electron chi connectivity index (χ0n) is 15.4. The number of amides is 1. The van der Waals surface area contributed by atoms with Crippen LogP contribution in [0.3, 0.4) is 0 Å². The van der Waals surface area contributed by atoms with Gasteiger partial charge in [-0.3, -0.25) is 19.0 Å². The van der Waals surface area contributed by atoms with Crippen molar-refractivity contribution >= 4 is 22.8 Å². The van der Waals surface area contributed by atoms with Gasteiger partial charge >= 0.3 is 5.97 Å². The van der Waals surface area contributed by atoms with Crippen LogP contribution in [-0.4, -0.2) is 34.1 Å². The minimum atomic E-state index is -0.658. The van der Waals surface area contributed by atoms with Crippen LogP contribution in [0.2, 0.25) is 0 Å². The summed E-state index contributed by atoms with van der Waals surface area (Å²) in [6.45, 7) is 5.52. The van der Waals surface area contributed by atoms with E-state index in [9.17, 15) is 14.4 Å². The smallest absolute Gasteiger partial charge is 0.326 e. The van der Waals surface area contributed by atoms with E-state index in [0.717, 1.165) is 12.8 Å². The number of hydrogen-bond donors (Lipinski definition) is 1. The fourth-order valence-electron chi connectivity index (χ4n) is 2.52. The van der Waals surface area contributed by atoms with Crippen LogP contribution in [0.5, 0.6) is 0 Å². The normalized spacial score (nSPS) is 12.2. The quantitative estimate of drug-likeness (QED) is 0.727. The first-order valence-corrected chi connectivity index (χ1v) is 8.76. The third kappa shape index (κ3) is 5.68. The third-order valence-corrected chi connectivity index (χ3v) is 3.98. The Morgan fingerprint density at radius 3 is 2.65 bits per heavy atom. The molecular formula is C19H25N3O4. The van der Waals surface area contributed by atoms with E-state index in [4.69, 9.17) is 4.74 Å². The Kier molecular flexibility index (Phi) is 6.89. The second-order valence-corrected chi connectivity index (χ2v) is 6.80. The van der Waals surface area contributed by atoms with Crippen molar-refractivity contribution < 1.29 is 14.3 Å². The number of carbonyl (C=O) groups excluding carboxylic acids is 2. The molecule has 0 saturated carbocycles. The van der Waals surface area contributed by atoms with Crippen molar-refractivity contribution in [2.24, 2.45) is 5.92 Å². The molecular weight excluding hydrogens is 334 g/mol. The number of nitrogens with zero attached hydrogens (tertiary/aromatic N) is 2. The maximum atomic E-state index is 12.3. The molecule has 1 aromatic carbocycles. The monoisotopic (exact) mass is 359 g/mol. The Bertz CT molecular complexity index is 829. The van der Waals surface area contributed by atoms with E-state index in [1.54, 1.807) is 24.3 Å². The topological polar surface area (TPSA) is 90.3 Å². The van der Waals surface area contributed by atoms with Crippen LogP contribution in [-0.2, 0) is 20.9 Å². The van der Waals surface area contributed by atoms with Gasteiger partial charge in [0.1, 0.15) is 6.54 Å². The summed E-state index contributed by atoms with van der Waals surface area (Å²) < 4.78 is 6.14. The number of esters is 1. The molecule has 7 nitrogen and oxygen atoms in total. The number of hydrogen-bond acceptors (Lipinski definition) is 5. The Morgan fingerprint density at radius 2 is 1.92 bits per heavy atom. The molecule has 140 valence electrons. The summed E-state index contributed by atoms with van der Waals surface area (Å²) in [5, 5.41) is 3.22. The minimum Gasteiger partial charge on any atom is -0.454 e. The van der Waals surface area contributed by atoms with Crippen LogP contribution in [0.4, 0.5) is 0 Å². The highest BCUT2D eigenvalue weighted by Crippen LogP contribution is 2.06. The highest BCUT2D eigenvalue weighted by Gasteiger charge is 2.13. The van der Waals surface area contributed by atoms with Crippen LogP contribution in [0.1, 0.15) is 33.6 Å². The first-order chi connectivity index (χ1) is 12.4. The molecule has 0 aliphatic carbocycles. The minimum absolute atomic E-state index is 0.0240. The van der Waals surface area contributed by atoms with Crippen molar-refractivity contribution in [1.29, 1.82) is 0 Å². The zero-order chi connectivity index (χ0) is 19.1. The SMILES string of the molecule is CC(C)CC[C@H](C)NC(=O)COC(=O)Cn1cnc2ccccc2c1=O. The van der Waals surface area contributed by atoms with E-state index in [1.807, 2.05) is 6.92 Å². The van der Waals surface area contributed by atoms with Crippen molar-refractivity contribution in [3.63, 3.8) is 0 Å². The van der Waals surface area contributed by atoms with Crippen LogP contribution >= 0.6 is 0 Å². The molecule has 0 aliphatic heterocycles. The Labute approximate surface area is 152 Å². The summed E-state index contributed by atoms with van der Waals surface area (Å²) in [7, 11) is 0. The first-order valence-electron chi connectivity index (χ1n) is 8.76. The predicted molar refractivity (Wildman–Crippen MR) is 98.6 cm³/mol. The van der Waals surface area contributed by atoms with Crippen LogP contribution in [0, 0.1) is 5.92 Å². The fourth-order valence-corrected chi connectivity index (χ4v) is 2.52. The highest BCUT2D eigenvalue weighted by atomic mass is 16.5. The summed E-state index contributed by atoms with van der Waals surface area (Å²) in [6, 6.07) is 6.92. The van der Waals surface area contributed by atoms with Crippen LogP contribution < -0.4 is 10.9 Å². The molecule has 2 aromatic rings. The van der Waals surface area contributed by atoms with Gasteiger partial charge in [0, 0.05) is 6.04 Å². The van der Waals surface area contributed by atoms with Gasteiger partial charge in [0.05, 0.1) is 17.2 Å². The predicted octanol–water partition coefficient (Wildman–Crippen LogP) is 1.88. The number of benzene rings is 1. The summed E-state index contributed by atoms with van der Waals surface area (Å²) >= 11 is 0. The van der Waals surface area contributed by atoms with Gasteiger partial charge in [-0.15, -0.1) is 0 Å². The molecule has 0 unspecified atom stereocenters. The number of aromatic nitrogens is 2. The van der Waals surface area contributed by atoms with E-state index < -0.39 is 5.97 Å². The summed E-state index contributed by atoms with van der Waals surface area (Å²) in [4.78, 5) is 40.2. The van der Waals surface area contributed by atoms with Gasteiger partial charge in [-0.2, -0.15) is 0 Å². The lowest BCUT2D eigenvalue weighted by atomic mass is 10.0. The summed E-state index contributed by atoms with van der Waals surface area (Å²) in [6.07, 6.45) is 3.19. The second-order valence-electron chi connectivity index (χ2n) is 6.80. The van der Waals surface area contributed by atoms with Gasteiger partial charge in [0.2, 0.25) is 0 Å². The second kappa shape index (κ2) is 9.12. The number of carbonyl (C=O) groups is 2. The number of ether oxygens (including phenoxy) is 1. The third-order valence-electron chi connectivity index (χ3n) is 3.98. The molecule has 7 heteroatoms. The molecule has 1 heterocycles. The molecule has 0 saturated heterocycles. The van der Waals surface area contributed by atoms with Crippen molar-refractivity contribution in [3.8, 4) is 0 Å². The molecule has 0 radical (unpaired) electrons. The standard InChI is InChI=1S/C19H25N3O4/c1-13(2)8-9-14(3)21-17(23)11-26-18(24)10-22-12-20-16-7-5-4-6-15(16)19(22)25/h4-7,12-14H,8-11H2,1-3H3,(H,21,23)/t14-/m0/s1. The maximum Gasteiger partial charge on any atom is 0.326 e. The fraction of sp³-hybridized carbons (Fsp3) is 0.474. The lowest BCUT2D eigenvalue weighted by Crippen LogP contribution is -2.36. The number of nitrogens with one attached hydrogen (secondary N) is 1. The highest BCUT2D eigenvalue weighted by molar-refractivity contribution is 5.81. The Hall–Kier alpha value is -2.70. The molecule has 26 heavy (non-hydrogen) atoms. The lowest BCUT2D eigenvalue weighted by molar-refractivity contribution is -0.149. The van der Waals surface area contributed by atoms with Gasteiger partial charge in [-0.05, 0) is 37.8 Å². The van der Waals surface area contributed by atoms with Crippen LogP contribution in [0.25, 0.3) is 10.9 Å². The van der Waals surface area contributed by atoms with E-state index >= 15 is 0 Å². The summed E-state index contributed by atoms with van der Waals surface area (Å²) in [5.41, 5.74) is 0.246. The van der Waals surface area contributed by atoms with Gasteiger partial charge in [-0.25, -0.2) is 4.98 Å². The Balaban J connectivity index is 1.84. The maximum absolute atomic E-state index is 12.3. The number of rotatable bonds is 8. The van der Waals surface area contributed by atoms with E-state index in [-0.39, 0.29) is 30.7 Å². The van der Waals surface area contributed by atoms with Gasteiger partial charge in [0.15, 0.2) is 6.61 Å². The van der Waals surface area contributed by atoms with Crippen molar-refractivity contribution in [2.45, 2.75) is 46.2 Å². The molecule has 1 N–H and O–H groups in total. The largest absolute Gasteiger partial charge is 0.454 e. The molecule has 1 aromatic heterocycles. The zero-order valence-corrected chi connectivity index (χ0v) is 15.4. The Morgan fingerprint density at radius 1 is 1.19 bits per heavy atom. The van der Waals surface area contributed by atoms with E-state index in [0.29, 0.717) is 16.8 Å². The van der Waals surface area contributed by atoms with Gasteiger partial charge in [-0.1, -0.05) is 26.0 Å². The van der Waals surface area contributed by atoms with Crippen molar-refractivity contribution in [1.82, 2.24) is 14.9 Å². The molecule has 0 aliphatic rings. The molecule has 0 bridgehead atoms. The first kappa shape index (κ1) is 19.6. The van der Waals surface area contributed by atoms with Gasteiger partial charge in [0.25, 0.3) is 11.5 Å². The lowest BCUT2D eigenvalue weighted by Gasteiger charge is -2.15. The van der Waals surface area contributed by atoms with Crippen molar-refractivity contribution in [2.75, 3.05) is 6.61 Å². The number of para-hydroxylation sites is 1. The van der Waals surface area contributed by atoms with Crippen molar-refractivity contribution in [3.05, 3.63) is 40.9 Å². The molecule has 0 fully saturated rings. The number of fused-ring (bicyclic) bond motifs is 1. The van der Waals surface area contributed by atoms with Gasteiger partial charge < -0.3 is 10.1 Å². The van der Waals surface area contributed by atoms with E-state index in [1.165, 1.54) is 10.9 Å². The average molecular weight is 359 g/mol. The van der Waals surface area contributed by atoms with E-state index in [2.05, 4.69) is 24.1 Å². The van der Waals surface area contributed by atoms with Crippen LogP contribution in [0.15, 0.2) is 35.4 Å². The summed E-state index contributed by atoms with van der Waals surface area (Å²) in [5.74, 6) is -0.436. The average Bonchev–Trinajstić information content (AvgIpc) is 2.61. The molecule has 2 rings (SSSR count). The molecule has 0 spiro atoms. The molecule has 1 atom stereocenters.